The number of amides is 2. The van der Waals surface area contributed by atoms with Gasteiger partial charge in [0.1, 0.15) is 11.8 Å². The molecule has 0 saturated carbocycles. The Hall–Kier alpha value is -1.56. The smallest absolute Gasteiger partial charge is 0.266 e. The molecule has 0 aliphatic carbocycles. The van der Waals surface area contributed by atoms with Gasteiger partial charge in [0.25, 0.3) is 10.1 Å². The number of hydrogen-bond acceptors (Lipinski definition) is 7. The van der Waals surface area contributed by atoms with Crippen molar-refractivity contribution in [2.45, 2.75) is 199 Å². The summed E-state index contributed by atoms with van der Waals surface area (Å²) in [6, 6.07) is -1.14. The van der Waals surface area contributed by atoms with E-state index in [4.69, 9.17) is 15.4 Å². The van der Waals surface area contributed by atoms with Gasteiger partial charge in [0.15, 0.2) is 0 Å². The second-order valence-corrected chi connectivity index (χ2v) is 15.9. The lowest BCUT2D eigenvalue weighted by Gasteiger charge is -2.26. The molecule has 296 valence electrons. The van der Waals surface area contributed by atoms with Gasteiger partial charge in [-0.25, -0.2) is 0 Å². The molecule has 0 saturated heterocycles. The second-order valence-electron chi connectivity index (χ2n) is 14.3. The number of carbonyl (C=O) groups is 3. The molecule has 2 amide bonds. The topological polar surface area (TPSA) is 176 Å². The molecule has 0 aromatic heterocycles. The number of aliphatic hydroxyl groups excluding tert-OH is 1. The number of hydrogen-bond donors (Lipinski definition) is 5. The molecule has 50 heavy (non-hydrogen) atoms. The van der Waals surface area contributed by atoms with Gasteiger partial charge >= 0.3 is 0 Å². The minimum atomic E-state index is -4.27. The number of nitrogens with two attached hydrogens (primary N) is 1. The van der Waals surface area contributed by atoms with Gasteiger partial charge in [0.2, 0.25) is 11.8 Å². The second kappa shape index (κ2) is 34.5. The van der Waals surface area contributed by atoms with Crippen molar-refractivity contribution in [2.75, 3.05) is 25.4 Å². The summed E-state index contributed by atoms with van der Waals surface area (Å²) in [5.74, 6) is -2.51. The molecule has 0 spiro atoms. The summed E-state index contributed by atoms with van der Waals surface area (Å²) in [6.45, 7) is 2.38. The van der Waals surface area contributed by atoms with Crippen molar-refractivity contribution in [3.05, 3.63) is 0 Å². The third kappa shape index (κ3) is 31.2. The van der Waals surface area contributed by atoms with E-state index in [9.17, 15) is 22.8 Å². The molecule has 0 radical (unpaired) electrons. The quantitative estimate of drug-likeness (QED) is 0.0314. The van der Waals surface area contributed by atoms with Crippen molar-refractivity contribution in [3.63, 3.8) is 0 Å². The Bertz CT molecular complexity index is 933. The first-order valence-corrected chi connectivity index (χ1v) is 22.1. The molecule has 2 atom stereocenters. The first-order chi connectivity index (χ1) is 24.2. The van der Waals surface area contributed by atoms with Crippen LogP contribution in [0.2, 0.25) is 0 Å². The molecule has 10 nitrogen and oxygen atoms in total. The van der Waals surface area contributed by atoms with Crippen molar-refractivity contribution in [1.82, 2.24) is 10.6 Å². The number of unbranched alkanes of at least 4 members (excludes halogenated alkanes) is 24. The van der Waals surface area contributed by atoms with Crippen molar-refractivity contribution >= 4 is 27.7 Å². The first-order valence-electron chi connectivity index (χ1n) is 20.5. The summed E-state index contributed by atoms with van der Waals surface area (Å²) < 4.78 is 31.4. The highest BCUT2D eigenvalue weighted by Gasteiger charge is 2.34. The number of carbonyl (C=O) groups excluding carboxylic acids is 3. The fraction of sp³-hybridized carbons (Fsp3) is 0.923. The summed E-state index contributed by atoms with van der Waals surface area (Å²) in [6.07, 6.45) is 30.8. The molecular weight excluding hydrogens is 655 g/mol. The summed E-state index contributed by atoms with van der Waals surface area (Å²) in [4.78, 5) is 39.5. The molecule has 11 heteroatoms. The Balaban J connectivity index is 4.61. The van der Waals surface area contributed by atoms with Gasteiger partial charge in [0, 0.05) is 31.9 Å². The van der Waals surface area contributed by atoms with Gasteiger partial charge in [-0.2, -0.15) is 8.42 Å². The maximum Gasteiger partial charge on any atom is 0.266 e. The highest BCUT2D eigenvalue weighted by Crippen LogP contribution is 2.18. The Morgan fingerprint density at radius 2 is 1.02 bits per heavy atom. The Morgan fingerprint density at radius 3 is 1.42 bits per heavy atom. The monoisotopic (exact) mass is 732 g/mol. The third-order valence-corrected chi connectivity index (χ3v) is 10.4. The maximum atomic E-state index is 13.4. The van der Waals surface area contributed by atoms with Crippen molar-refractivity contribution < 1.29 is 32.5 Å². The van der Waals surface area contributed by atoms with Crippen LogP contribution >= 0.6 is 0 Å². The normalized spacial score (nSPS) is 12.9. The highest BCUT2D eigenvalue weighted by atomic mass is 32.2. The molecule has 0 heterocycles. The average Bonchev–Trinajstić information content (AvgIpc) is 3.07. The van der Waals surface area contributed by atoms with E-state index in [1.54, 1.807) is 0 Å². The number of Topliss-reactive ketones (excluding diaryl/α,β-unsaturated/α-hetero) is 1. The highest BCUT2D eigenvalue weighted by molar-refractivity contribution is 7.85. The van der Waals surface area contributed by atoms with Crippen LogP contribution in [0.25, 0.3) is 0 Å². The van der Waals surface area contributed by atoms with Crippen LogP contribution in [0.5, 0.6) is 0 Å². The Labute approximate surface area is 306 Å². The lowest BCUT2D eigenvalue weighted by Crippen LogP contribution is -2.53. The van der Waals surface area contributed by atoms with E-state index in [0.29, 0.717) is 25.9 Å². The van der Waals surface area contributed by atoms with Gasteiger partial charge in [0.05, 0.1) is 5.75 Å². The van der Waals surface area contributed by atoms with Crippen LogP contribution in [0.4, 0.5) is 0 Å². The van der Waals surface area contributed by atoms with Gasteiger partial charge < -0.3 is 21.5 Å². The predicted octanol–water partition coefficient (Wildman–Crippen LogP) is 7.94. The van der Waals surface area contributed by atoms with Crippen LogP contribution in [0.3, 0.4) is 0 Å². The molecule has 6 N–H and O–H groups in total. The van der Waals surface area contributed by atoms with E-state index in [0.717, 1.165) is 51.4 Å². The molecule has 0 bridgehead atoms. The largest absolute Gasteiger partial charge is 0.396 e. The number of aliphatic hydroxyl groups is 1. The van der Waals surface area contributed by atoms with E-state index in [2.05, 4.69) is 17.6 Å². The molecule has 0 rings (SSSR count). The first kappa shape index (κ1) is 48.4. The summed E-state index contributed by atoms with van der Waals surface area (Å²) in [7, 11) is -4.27. The van der Waals surface area contributed by atoms with E-state index in [-0.39, 0.29) is 37.6 Å². The third-order valence-electron chi connectivity index (χ3n) is 9.64. The maximum absolute atomic E-state index is 13.4. The number of ketones is 1. The van der Waals surface area contributed by atoms with Crippen LogP contribution in [-0.4, -0.2) is 67.2 Å². The molecule has 1 unspecified atom stereocenters. The summed E-state index contributed by atoms with van der Waals surface area (Å²) in [5.41, 5.74) is 5.85. The van der Waals surface area contributed by atoms with Gasteiger partial charge in [-0.05, 0) is 32.2 Å². The van der Waals surface area contributed by atoms with Crippen LogP contribution in [-0.2, 0) is 24.5 Å². The van der Waals surface area contributed by atoms with E-state index >= 15 is 0 Å². The van der Waals surface area contributed by atoms with Crippen molar-refractivity contribution in [2.24, 2.45) is 11.7 Å². The molecular formula is C39H77N3O7S. The lowest BCUT2D eigenvalue weighted by atomic mass is 9.88. The molecule has 0 aliphatic rings. The minimum Gasteiger partial charge on any atom is -0.396 e. The molecule has 0 fully saturated rings. The average molecular weight is 732 g/mol. The summed E-state index contributed by atoms with van der Waals surface area (Å²) >= 11 is 0. The zero-order valence-corrected chi connectivity index (χ0v) is 32.7. The fourth-order valence-corrected chi connectivity index (χ4v) is 6.91. The van der Waals surface area contributed by atoms with Crippen molar-refractivity contribution in [3.8, 4) is 0 Å². The van der Waals surface area contributed by atoms with Gasteiger partial charge in [-0.1, -0.05) is 155 Å². The lowest BCUT2D eigenvalue weighted by molar-refractivity contribution is -0.134. The van der Waals surface area contributed by atoms with Crippen LogP contribution in [0.1, 0.15) is 193 Å². The van der Waals surface area contributed by atoms with E-state index < -0.39 is 33.7 Å². The number of nitrogens with one attached hydrogen (secondary N) is 2. The molecule has 0 aromatic rings. The minimum absolute atomic E-state index is 0.115. The zero-order chi connectivity index (χ0) is 37.1. The van der Waals surface area contributed by atoms with Gasteiger partial charge in [-0.3, -0.25) is 18.9 Å². The van der Waals surface area contributed by atoms with Crippen LogP contribution in [0.15, 0.2) is 0 Å². The predicted molar refractivity (Wildman–Crippen MR) is 206 cm³/mol. The molecule has 0 aliphatic heterocycles. The fourth-order valence-electron chi connectivity index (χ4n) is 6.55. The van der Waals surface area contributed by atoms with E-state index in [1.807, 2.05) is 0 Å². The SMILES string of the molecule is CCCCCCCCCCCCCCCC(=O)C(CCN)[C@H](NC(=O)CCCCCCCCCCCCCCCO)C(=O)NCCS(=O)(=O)O. The van der Waals surface area contributed by atoms with Crippen LogP contribution in [0, 0.1) is 5.92 Å². The van der Waals surface area contributed by atoms with Gasteiger partial charge in [-0.15, -0.1) is 0 Å². The zero-order valence-electron chi connectivity index (χ0n) is 31.9. The van der Waals surface area contributed by atoms with Crippen molar-refractivity contribution in [1.29, 1.82) is 0 Å². The Kier molecular flexibility index (Phi) is 33.4. The summed E-state index contributed by atoms with van der Waals surface area (Å²) in [5, 5.41) is 14.1. The number of rotatable bonds is 38. The Morgan fingerprint density at radius 1 is 0.620 bits per heavy atom. The standard InChI is InChI=1S/C39H77N3O7S/c1-2-3-4-5-6-7-8-10-13-16-19-22-25-28-36(44)35(30-31-40)38(39(46)41-32-34-50(47,48)49)42-37(45)29-26-23-20-17-14-11-9-12-15-18-21-24-27-33-43/h35,38,43H,2-34,40H2,1H3,(H,41,46)(H,42,45)(H,47,48,49)/t35?,38-/m0/s1. The molecule has 0 aromatic carbocycles. The van der Waals surface area contributed by atoms with Crippen LogP contribution < -0.4 is 16.4 Å². The van der Waals surface area contributed by atoms with E-state index in [1.165, 1.54) is 103 Å².